The zero-order chi connectivity index (χ0) is 21.9. The van der Waals surface area contributed by atoms with Crippen LogP contribution in [0.2, 0.25) is 0 Å². The lowest BCUT2D eigenvalue weighted by Gasteiger charge is -1.88. The molecule has 0 aliphatic heterocycles. The van der Waals surface area contributed by atoms with E-state index in [9.17, 15) is 0 Å². The monoisotopic (exact) mass is 420 g/mol. The summed E-state index contributed by atoms with van der Waals surface area (Å²) in [6, 6.07) is 3.93. The second kappa shape index (κ2) is 11.7. The highest BCUT2D eigenvalue weighted by atomic mass is 32.1. The molecule has 0 saturated carbocycles. The van der Waals surface area contributed by atoms with Crippen molar-refractivity contribution in [2.24, 2.45) is 0 Å². The molecule has 0 aromatic carbocycles. The highest BCUT2D eigenvalue weighted by Crippen LogP contribution is 2.34. The molecule has 30 heavy (non-hydrogen) atoms. The summed E-state index contributed by atoms with van der Waals surface area (Å²) in [4.78, 5) is 11.0. The Kier molecular flexibility index (Phi) is 9.03. The SMILES string of the molecule is C=C/C=C\c1oc(-c2ccc(-c3nc(=C/CC)/c(=C\C=C/C)o3)s2)nc1C=C.CC. The Morgan fingerprint density at radius 2 is 1.73 bits per heavy atom. The van der Waals surface area contributed by atoms with Gasteiger partial charge >= 0.3 is 0 Å². The van der Waals surface area contributed by atoms with E-state index in [-0.39, 0.29) is 0 Å². The van der Waals surface area contributed by atoms with Crippen molar-refractivity contribution in [3.8, 4) is 21.5 Å². The lowest BCUT2D eigenvalue weighted by atomic mass is 10.3. The first-order chi connectivity index (χ1) is 14.7. The second-order valence-corrected chi connectivity index (χ2v) is 6.89. The van der Waals surface area contributed by atoms with Crippen molar-refractivity contribution in [2.75, 3.05) is 0 Å². The van der Waals surface area contributed by atoms with Crippen LogP contribution in [0.3, 0.4) is 0 Å². The highest BCUT2D eigenvalue weighted by molar-refractivity contribution is 7.18. The van der Waals surface area contributed by atoms with Gasteiger partial charge in [0.25, 0.3) is 0 Å². The van der Waals surface area contributed by atoms with Crippen LogP contribution in [0.1, 0.15) is 45.6 Å². The van der Waals surface area contributed by atoms with E-state index >= 15 is 0 Å². The molecule has 0 aliphatic rings. The van der Waals surface area contributed by atoms with Gasteiger partial charge in [0.15, 0.2) is 11.2 Å². The van der Waals surface area contributed by atoms with E-state index in [4.69, 9.17) is 8.83 Å². The number of aromatic nitrogens is 2. The van der Waals surface area contributed by atoms with Gasteiger partial charge in [0.05, 0.1) is 9.75 Å². The molecule has 0 saturated heterocycles. The topological polar surface area (TPSA) is 52.1 Å². The van der Waals surface area contributed by atoms with Gasteiger partial charge in [-0.25, -0.2) is 9.97 Å². The maximum atomic E-state index is 5.98. The molecule has 3 aromatic heterocycles. The molecule has 4 nitrogen and oxygen atoms in total. The fourth-order valence-electron chi connectivity index (χ4n) is 2.53. The van der Waals surface area contributed by atoms with Gasteiger partial charge in [-0.05, 0) is 43.7 Å². The minimum absolute atomic E-state index is 0.544. The van der Waals surface area contributed by atoms with Crippen molar-refractivity contribution in [2.45, 2.75) is 34.1 Å². The van der Waals surface area contributed by atoms with Crippen molar-refractivity contribution in [1.82, 2.24) is 9.97 Å². The molecule has 0 fully saturated rings. The van der Waals surface area contributed by atoms with Crippen molar-refractivity contribution in [1.29, 1.82) is 0 Å². The van der Waals surface area contributed by atoms with Gasteiger partial charge in [0, 0.05) is 0 Å². The zero-order valence-electron chi connectivity index (χ0n) is 18.0. The number of thiophene rings is 1. The third-order valence-electron chi connectivity index (χ3n) is 3.80. The first kappa shape index (κ1) is 23.1. The van der Waals surface area contributed by atoms with Crippen LogP contribution in [0.15, 0.2) is 58.4 Å². The molecule has 156 valence electrons. The second-order valence-electron chi connectivity index (χ2n) is 5.80. The van der Waals surface area contributed by atoms with Crippen LogP contribution in [-0.2, 0) is 0 Å². The van der Waals surface area contributed by atoms with Gasteiger partial charge < -0.3 is 8.83 Å². The Labute approximate surface area is 182 Å². The van der Waals surface area contributed by atoms with Crippen molar-refractivity contribution in [3.05, 3.63) is 71.8 Å². The normalized spacial score (nSPS) is 12.5. The van der Waals surface area contributed by atoms with E-state index in [1.165, 1.54) is 11.3 Å². The predicted molar refractivity (Wildman–Crippen MR) is 129 cm³/mol. The molecular weight excluding hydrogens is 392 g/mol. The van der Waals surface area contributed by atoms with E-state index in [1.807, 2.05) is 57.2 Å². The van der Waals surface area contributed by atoms with Crippen LogP contribution < -0.4 is 10.8 Å². The molecule has 5 heteroatoms. The van der Waals surface area contributed by atoms with Gasteiger partial charge in [-0.2, -0.15) is 0 Å². The first-order valence-corrected chi connectivity index (χ1v) is 10.8. The molecule has 0 aliphatic carbocycles. The fraction of sp³-hybridized carbons (Fsp3) is 0.200. The van der Waals surface area contributed by atoms with E-state index in [1.54, 1.807) is 18.2 Å². The molecule has 3 heterocycles. The summed E-state index contributed by atoms with van der Waals surface area (Å²) in [7, 11) is 0. The van der Waals surface area contributed by atoms with Crippen LogP contribution in [0.25, 0.3) is 45.8 Å². The summed E-state index contributed by atoms with van der Waals surface area (Å²) in [5, 5.41) is 0.854. The van der Waals surface area contributed by atoms with E-state index < -0.39 is 0 Å². The number of allylic oxidation sites excluding steroid dienone is 4. The van der Waals surface area contributed by atoms with Gasteiger partial charge in [-0.15, -0.1) is 11.3 Å². The Morgan fingerprint density at radius 3 is 2.33 bits per heavy atom. The number of hydrogen-bond acceptors (Lipinski definition) is 5. The Morgan fingerprint density at radius 1 is 1.03 bits per heavy atom. The van der Waals surface area contributed by atoms with Crippen LogP contribution in [0.5, 0.6) is 0 Å². The molecule has 0 bridgehead atoms. The quantitative estimate of drug-likeness (QED) is 0.411. The van der Waals surface area contributed by atoms with Gasteiger partial charge in [-0.3, -0.25) is 0 Å². The minimum atomic E-state index is 0.544. The van der Waals surface area contributed by atoms with Gasteiger partial charge in [-0.1, -0.05) is 64.3 Å². The van der Waals surface area contributed by atoms with Crippen molar-refractivity contribution < 1.29 is 8.83 Å². The van der Waals surface area contributed by atoms with Crippen LogP contribution >= 0.6 is 11.3 Å². The van der Waals surface area contributed by atoms with Crippen LogP contribution in [-0.4, -0.2) is 9.97 Å². The number of rotatable bonds is 7. The number of nitrogens with zero attached hydrogens (tertiary/aromatic N) is 2. The van der Waals surface area contributed by atoms with Crippen LogP contribution in [0.4, 0.5) is 0 Å². The molecular formula is C25H28N2O2S. The summed E-state index contributed by atoms with van der Waals surface area (Å²) >= 11 is 1.52. The summed E-state index contributed by atoms with van der Waals surface area (Å²) in [5.74, 6) is 1.79. The van der Waals surface area contributed by atoms with E-state index in [0.29, 0.717) is 23.2 Å². The van der Waals surface area contributed by atoms with Crippen LogP contribution in [0, 0.1) is 0 Å². The molecule has 0 N–H and O–H groups in total. The average Bonchev–Trinajstić information content (AvgIpc) is 3.50. The standard InChI is InChI=1S/C23H22N2O2S.C2H6/c1-5-9-12-18-16(8-4)24-22(26-18)20-14-15-21(28-20)23-25-17(11-7-3)19(27-23)13-10-6-2;1-2/h5-6,8-15H,1,4,7H2,2-3H3;1-2H3/b10-6-,12-9-,17-11+,19-13+;. The zero-order valence-corrected chi connectivity index (χ0v) is 18.8. The Balaban J connectivity index is 0.00000155. The number of hydrogen-bond donors (Lipinski definition) is 0. The Bertz CT molecular complexity index is 1160. The average molecular weight is 421 g/mol. The lowest BCUT2D eigenvalue weighted by molar-refractivity contribution is 0.542. The Hall–Kier alpha value is -3.18. The molecule has 0 unspecified atom stereocenters. The van der Waals surface area contributed by atoms with Gasteiger partial charge in [0.1, 0.15) is 11.0 Å². The summed E-state index contributed by atoms with van der Waals surface area (Å²) in [5.41, 5.74) is 1.45. The predicted octanol–water partition coefficient (Wildman–Crippen LogP) is 6.47. The largest absolute Gasteiger partial charge is 0.435 e. The lowest BCUT2D eigenvalue weighted by Crippen LogP contribution is -2.21. The van der Waals surface area contributed by atoms with Gasteiger partial charge in [0.2, 0.25) is 11.8 Å². The third kappa shape index (κ3) is 5.45. The third-order valence-corrected chi connectivity index (χ3v) is 4.87. The maximum absolute atomic E-state index is 5.98. The summed E-state index contributed by atoms with van der Waals surface area (Å²) in [6.45, 7) is 15.5. The molecule has 0 spiro atoms. The summed E-state index contributed by atoms with van der Waals surface area (Å²) in [6.07, 6.45) is 15.8. The summed E-state index contributed by atoms with van der Waals surface area (Å²) < 4.78 is 11.9. The highest BCUT2D eigenvalue weighted by Gasteiger charge is 2.15. The molecule has 0 atom stereocenters. The smallest absolute Gasteiger partial charge is 0.237 e. The minimum Gasteiger partial charge on any atom is -0.435 e. The number of oxazole rings is 2. The fourth-order valence-corrected chi connectivity index (χ4v) is 3.39. The van der Waals surface area contributed by atoms with Crippen molar-refractivity contribution in [3.63, 3.8) is 0 Å². The molecule has 0 amide bonds. The maximum Gasteiger partial charge on any atom is 0.237 e. The van der Waals surface area contributed by atoms with E-state index in [0.717, 1.165) is 26.9 Å². The molecule has 3 rings (SSSR count). The molecule has 3 aromatic rings. The van der Waals surface area contributed by atoms with Crippen molar-refractivity contribution >= 4 is 35.6 Å². The first-order valence-electron chi connectivity index (χ1n) is 10.0. The molecule has 0 radical (unpaired) electrons. The van der Waals surface area contributed by atoms with E-state index in [2.05, 4.69) is 36.1 Å².